The molecular weight excluding hydrogens is 330 g/mol. The largest absolute Gasteiger partial charge is 0.524 e. The van der Waals surface area contributed by atoms with Gasteiger partial charge >= 0.3 is 16.3 Å². The highest BCUT2D eigenvalue weighted by Crippen LogP contribution is 2.18. The molecule has 1 aliphatic heterocycles. The van der Waals surface area contributed by atoms with Crippen LogP contribution in [0, 0.1) is 0 Å². The van der Waals surface area contributed by atoms with Crippen molar-refractivity contribution in [2.75, 3.05) is 24.2 Å². The van der Waals surface area contributed by atoms with Gasteiger partial charge in [0.25, 0.3) is 0 Å². The van der Waals surface area contributed by atoms with Crippen LogP contribution in [0.2, 0.25) is 0 Å². The fourth-order valence-electron chi connectivity index (χ4n) is 2.18. The van der Waals surface area contributed by atoms with Gasteiger partial charge in [0, 0.05) is 18.8 Å². The van der Waals surface area contributed by atoms with E-state index in [0.717, 1.165) is 6.26 Å². The Balaban J connectivity index is 0.000000240. The van der Waals surface area contributed by atoms with E-state index in [4.69, 9.17) is 0 Å². The summed E-state index contributed by atoms with van der Waals surface area (Å²) in [5.74, 6) is 0. The second-order valence-electron chi connectivity index (χ2n) is 6.64. The maximum absolute atomic E-state index is 10.7. The Morgan fingerprint density at radius 3 is 2.04 bits per heavy atom. The van der Waals surface area contributed by atoms with Crippen LogP contribution in [0.25, 0.3) is 0 Å². The first-order valence-electron chi connectivity index (χ1n) is 7.99. The minimum atomic E-state index is -3.77. The SMILES string of the molecule is CC(C)(C)OC(=O)OS(C)(=O)=O.c1ccc(N2CCCCC2)cc1. The van der Waals surface area contributed by atoms with Gasteiger partial charge in [0.1, 0.15) is 5.60 Å². The average molecular weight is 357 g/mol. The van der Waals surface area contributed by atoms with Crippen molar-refractivity contribution in [2.24, 2.45) is 0 Å². The Kier molecular flexibility index (Phi) is 7.54. The van der Waals surface area contributed by atoms with E-state index in [1.807, 2.05) is 0 Å². The van der Waals surface area contributed by atoms with Crippen molar-refractivity contribution in [3.8, 4) is 0 Å². The molecule has 0 saturated carbocycles. The van der Waals surface area contributed by atoms with E-state index >= 15 is 0 Å². The number of carbonyl (C=O) groups excluding carboxylic acids is 1. The van der Waals surface area contributed by atoms with Gasteiger partial charge in [-0.25, -0.2) is 4.79 Å². The quantitative estimate of drug-likeness (QED) is 0.595. The monoisotopic (exact) mass is 357 g/mol. The van der Waals surface area contributed by atoms with Gasteiger partial charge in [-0.05, 0) is 52.2 Å². The zero-order valence-corrected chi connectivity index (χ0v) is 15.6. The molecule has 0 amide bonds. The highest BCUT2D eigenvalue weighted by Gasteiger charge is 2.20. The molecular formula is C17H27NO5S. The third kappa shape index (κ3) is 9.39. The molecule has 1 aromatic carbocycles. The fraction of sp³-hybridized carbons (Fsp3) is 0.588. The minimum absolute atomic E-state index is 0.748. The Morgan fingerprint density at radius 2 is 1.58 bits per heavy atom. The molecule has 24 heavy (non-hydrogen) atoms. The van der Waals surface area contributed by atoms with Crippen molar-refractivity contribution >= 4 is 22.0 Å². The summed E-state index contributed by atoms with van der Waals surface area (Å²) >= 11 is 0. The number of hydrogen-bond acceptors (Lipinski definition) is 6. The van der Waals surface area contributed by atoms with Crippen LogP contribution < -0.4 is 4.90 Å². The fourth-order valence-corrected chi connectivity index (χ4v) is 2.46. The highest BCUT2D eigenvalue weighted by atomic mass is 32.2. The first-order chi connectivity index (χ1) is 11.1. The molecule has 1 aliphatic rings. The third-order valence-electron chi connectivity index (χ3n) is 3.09. The molecule has 0 aromatic heterocycles. The van der Waals surface area contributed by atoms with Crippen LogP contribution in [0.4, 0.5) is 10.5 Å². The zero-order chi connectivity index (χ0) is 18.2. The molecule has 0 N–H and O–H groups in total. The summed E-state index contributed by atoms with van der Waals surface area (Å²) in [7, 11) is -3.77. The van der Waals surface area contributed by atoms with E-state index in [0.29, 0.717) is 0 Å². The molecule has 0 unspecified atom stereocenters. The number of rotatable bonds is 2. The summed E-state index contributed by atoms with van der Waals surface area (Å²) in [6.07, 6.45) is 3.69. The number of piperidine rings is 1. The van der Waals surface area contributed by atoms with E-state index < -0.39 is 21.9 Å². The van der Waals surface area contributed by atoms with E-state index in [-0.39, 0.29) is 0 Å². The van der Waals surface area contributed by atoms with Crippen LogP contribution in [0.15, 0.2) is 30.3 Å². The Labute approximate surface area is 144 Å². The highest BCUT2D eigenvalue weighted by molar-refractivity contribution is 7.86. The molecule has 1 saturated heterocycles. The summed E-state index contributed by atoms with van der Waals surface area (Å²) in [4.78, 5) is 13.1. The summed E-state index contributed by atoms with van der Waals surface area (Å²) in [5.41, 5.74) is 0.638. The summed E-state index contributed by atoms with van der Waals surface area (Å²) in [5, 5.41) is 0. The molecule has 0 aliphatic carbocycles. The lowest BCUT2D eigenvalue weighted by Gasteiger charge is -2.28. The van der Waals surface area contributed by atoms with Crippen LogP contribution >= 0.6 is 0 Å². The van der Waals surface area contributed by atoms with E-state index in [2.05, 4.69) is 44.2 Å². The third-order valence-corrected chi connectivity index (χ3v) is 3.53. The smallest absolute Gasteiger partial charge is 0.428 e. The Bertz CT molecular complexity index is 602. The van der Waals surface area contributed by atoms with Crippen molar-refractivity contribution in [3.63, 3.8) is 0 Å². The first-order valence-corrected chi connectivity index (χ1v) is 9.81. The number of para-hydroxylation sites is 1. The summed E-state index contributed by atoms with van der Waals surface area (Å²) in [6.45, 7) is 7.30. The molecule has 1 aromatic rings. The summed E-state index contributed by atoms with van der Waals surface area (Å²) in [6, 6.07) is 10.7. The molecule has 136 valence electrons. The van der Waals surface area contributed by atoms with Gasteiger partial charge in [0.15, 0.2) is 0 Å². The second-order valence-corrected chi connectivity index (χ2v) is 8.21. The van der Waals surface area contributed by atoms with Gasteiger partial charge in [-0.1, -0.05) is 18.2 Å². The standard InChI is InChI=1S/C11H15N.C6H12O5S/c1-3-7-11(8-4-1)12-9-5-2-6-10-12;1-6(2,3)10-5(7)11-12(4,8)9/h1,3-4,7-8H,2,5-6,9-10H2;1-4H3. The molecule has 1 heterocycles. The summed E-state index contributed by atoms with van der Waals surface area (Å²) < 4.78 is 29.3. The van der Waals surface area contributed by atoms with Crippen molar-refractivity contribution in [3.05, 3.63) is 30.3 Å². The first kappa shape index (κ1) is 20.3. The lowest BCUT2D eigenvalue weighted by molar-refractivity contribution is 0.0224. The normalized spacial score (nSPS) is 15.1. The van der Waals surface area contributed by atoms with Crippen molar-refractivity contribution in [2.45, 2.75) is 45.6 Å². The Hall–Kier alpha value is -1.76. The second kappa shape index (κ2) is 8.92. The van der Waals surface area contributed by atoms with Crippen molar-refractivity contribution in [1.29, 1.82) is 0 Å². The predicted molar refractivity (Wildman–Crippen MR) is 94.7 cm³/mol. The van der Waals surface area contributed by atoms with Crippen molar-refractivity contribution in [1.82, 2.24) is 0 Å². The van der Waals surface area contributed by atoms with Gasteiger partial charge in [-0.2, -0.15) is 8.42 Å². The number of hydrogen-bond donors (Lipinski definition) is 0. The molecule has 7 heteroatoms. The lowest BCUT2D eigenvalue weighted by Crippen LogP contribution is -2.29. The van der Waals surface area contributed by atoms with Gasteiger partial charge in [-0.3, -0.25) is 0 Å². The number of nitrogens with zero attached hydrogens (tertiary/aromatic N) is 1. The van der Waals surface area contributed by atoms with Gasteiger partial charge < -0.3 is 13.8 Å². The zero-order valence-electron chi connectivity index (χ0n) is 14.8. The molecule has 0 radical (unpaired) electrons. The van der Waals surface area contributed by atoms with Crippen LogP contribution in [-0.2, 0) is 19.0 Å². The minimum Gasteiger partial charge on any atom is -0.428 e. The maximum atomic E-state index is 10.7. The van der Waals surface area contributed by atoms with Gasteiger partial charge in [0.2, 0.25) is 0 Å². The molecule has 2 rings (SSSR count). The lowest BCUT2D eigenvalue weighted by atomic mass is 10.1. The Morgan fingerprint density at radius 1 is 1.04 bits per heavy atom. The van der Waals surface area contributed by atoms with Gasteiger partial charge in [-0.15, -0.1) is 0 Å². The van der Waals surface area contributed by atoms with E-state index in [1.54, 1.807) is 20.8 Å². The number of carbonyl (C=O) groups is 1. The topological polar surface area (TPSA) is 72.9 Å². The van der Waals surface area contributed by atoms with Crippen molar-refractivity contribution < 1.29 is 22.1 Å². The van der Waals surface area contributed by atoms with Crippen LogP contribution in [-0.4, -0.2) is 39.5 Å². The molecule has 6 nitrogen and oxygen atoms in total. The van der Waals surface area contributed by atoms with Crippen LogP contribution in [0.5, 0.6) is 0 Å². The molecule has 0 spiro atoms. The van der Waals surface area contributed by atoms with Gasteiger partial charge in [0.05, 0.1) is 6.26 Å². The van der Waals surface area contributed by atoms with Crippen LogP contribution in [0.3, 0.4) is 0 Å². The van der Waals surface area contributed by atoms with E-state index in [1.165, 1.54) is 38.0 Å². The number of anilines is 1. The van der Waals surface area contributed by atoms with E-state index in [9.17, 15) is 13.2 Å². The number of benzene rings is 1. The van der Waals surface area contributed by atoms with Crippen LogP contribution in [0.1, 0.15) is 40.0 Å². The number of ether oxygens (including phenoxy) is 1. The predicted octanol–water partition coefficient (Wildman–Crippen LogP) is 3.57. The average Bonchev–Trinajstić information content (AvgIpc) is 2.46. The maximum Gasteiger partial charge on any atom is 0.524 e. The molecule has 0 bridgehead atoms. The molecule has 0 atom stereocenters. The molecule has 1 fully saturated rings.